The molecule has 0 bridgehead atoms. The monoisotopic (exact) mass is 883 g/mol. The van der Waals surface area contributed by atoms with Crippen LogP contribution in [-0.4, -0.2) is 107 Å². The Morgan fingerprint density at radius 3 is 2.39 bits per heavy atom. The number of fused-ring (bicyclic) bond motifs is 2. The summed E-state index contributed by atoms with van der Waals surface area (Å²) in [6.45, 7) is 15.6. The second-order valence-electron chi connectivity index (χ2n) is 17.1. The molecule has 0 unspecified atom stereocenters. The van der Waals surface area contributed by atoms with Gasteiger partial charge >= 0.3 is 13.3 Å². The first-order chi connectivity index (χ1) is 30.4. The fourth-order valence-corrected chi connectivity index (χ4v) is 9.05. The molecule has 17 heteroatoms. The second-order valence-corrected chi connectivity index (χ2v) is 17.1. The van der Waals surface area contributed by atoms with Gasteiger partial charge in [-0.05, 0) is 113 Å². The van der Waals surface area contributed by atoms with Crippen LogP contribution in [0.1, 0.15) is 71.0 Å². The number of benzene rings is 2. The zero-order valence-corrected chi connectivity index (χ0v) is 37.3. The molecule has 0 aliphatic carbocycles. The van der Waals surface area contributed by atoms with Gasteiger partial charge in [-0.25, -0.2) is 9.37 Å². The number of allylic oxidation sites excluding steroid dienone is 4. The van der Waals surface area contributed by atoms with Crippen LogP contribution in [-0.2, 0) is 17.5 Å². The van der Waals surface area contributed by atoms with Crippen molar-refractivity contribution in [2.24, 2.45) is 0 Å². The number of aryl methyl sites for hydroxylation is 2. The number of halogens is 5. The van der Waals surface area contributed by atoms with Crippen molar-refractivity contribution in [1.82, 2.24) is 29.1 Å². The summed E-state index contributed by atoms with van der Waals surface area (Å²) in [5.74, 6) is -0.789. The maximum Gasteiger partial charge on any atom is 0.462 e. The Morgan fingerprint density at radius 2 is 1.70 bits per heavy atom. The summed E-state index contributed by atoms with van der Waals surface area (Å²) in [7, 11) is 1.96. The first kappa shape index (κ1) is 46.2. The van der Waals surface area contributed by atoms with Gasteiger partial charge in [0.05, 0.1) is 23.0 Å². The van der Waals surface area contributed by atoms with Gasteiger partial charge in [-0.1, -0.05) is 36.4 Å². The lowest BCUT2D eigenvalue weighted by atomic mass is 9.90. The molecule has 2 fully saturated rings. The van der Waals surface area contributed by atoms with Gasteiger partial charge in [-0.15, -0.1) is 0 Å². The number of carbonyl (C=O) groups excluding carboxylic acids is 2. The quantitative estimate of drug-likeness (QED) is 0.0856. The maximum atomic E-state index is 15.0. The first-order valence-corrected chi connectivity index (χ1v) is 21.6. The molecule has 5 heterocycles. The Morgan fingerprint density at radius 1 is 0.984 bits per heavy atom. The smallest absolute Gasteiger partial charge is 0.360 e. The van der Waals surface area contributed by atoms with E-state index in [1.54, 1.807) is 17.6 Å². The normalized spacial score (nSPS) is 16.9. The molecule has 1 N–H and O–H groups in total. The number of rotatable bonds is 12. The van der Waals surface area contributed by atoms with Gasteiger partial charge < -0.3 is 28.8 Å². The second kappa shape index (κ2) is 19.1. The van der Waals surface area contributed by atoms with Crippen LogP contribution in [0.5, 0.6) is 0 Å². The summed E-state index contributed by atoms with van der Waals surface area (Å²) in [5, 5.41) is 2.88. The van der Waals surface area contributed by atoms with Crippen LogP contribution in [0.4, 0.5) is 50.7 Å². The van der Waals surface area contributed by atoms with E-state index in [0.717, 1.165) is 60.1 Å². The number of likely N-dealkylation sites (tertiary alicyclic amines) is 1. The van der Waals surface area contributed by atoms with Crippen molar-refractivity contribution in [1.29, 1.82) is 0 Å². The SMILES string of the molecule is C=C(/C=C\C(C)=C\c1c(C)cc(C)n1B(C)F)CCC(=O)N1CCN(C2CCN(Cc3ccc(Nc4ncc5c(n4)N(C)c4c(F)cccc4C(=O)N5C)cc3C(F)(F)F)CC2)CC1. The van der Waals surface area contributed by atoms with E-state index >= 15 is 0 Å². The predicted octanol–water partition coefficient (Wildman–Crippen LogP) is 9.19. The first-order valence-electron chi connectivity index (χ1n) is 21.6. The van der Waals surface area contributed by atoms with Crippen molar-refractivity contribution in [3.63, 3.8) is 0 Å². The van der Waals surface area contributed by atoms with Crippen LogP contribution in [0.15, 0.2) is 78.5 Å². The van der Waals surface area contributed by atoms with E-state index in [4.69, 9.17) is 0 Å². The lowest BCUT2D eigenvalue weighted by molar-refractivity contribution is -0.138. The molecule has 64 heavy (non-hydrogen) atoms. The molecule has 2 amide bonds. The molecule has 338 valence electrons. The zero-order valence-electron chi connectivity index (χ0n) is 37.3. The van der Waals surface area contributed by atoms with E-state index in [0.29, 0.717) is 44.7 Å². The third-order valence-electron chi connectivity index (χ3n) is 12.5. The molecule has 2 aromatic carbocycles. The van der Waals surface area contributed by atoms with Crippen LogP contribution >= 0.6 is 0 Å². The maximum absolute atomic E-state index is 15.0. The molecule has 2 saturated heterocycles. The van der Waals surface area contributed by atoms with Gasteiger partial charge in [0.1, 0.15) is 11.5 Å². The highest BCUT2D eigenvalue weighted by Gasteiger charge is 2.36. The minimum atomic E-state index is -4.62. The number of nitrogens with one attached hydrogen (secondary N) is 1. The van der Waals surface area contributed by atoms with E-state index in [1.165, 1.54) is 54.1 Å². The van der Waals surface area contributed by atoms with E-state index in [1.807, 2.05) is 50.0 Å². The summed E-state index contributed by atoms with van der Waals surface area (Å²) in [6, 6.07) is 10.6. The van der Waals surface area contributed by atoms with Gasteiger partial charge in [-0.2, -0.15) is 18.2 Å². The number of aromatic nitrogens is 3. The molecule has 2 aromatic heterocycles. The van der Waals surface area contributed by atoms with Crippen LogP contribution in [0.3, 0.4) is 0 Å². The van der Waals surface area contributed by atoms with Crippen molar-refractivity contribution < 1.29 is 31.5 Å². The highest BCUT2D eigenvalue weighted by Crippen LogP contribution is 2.40. The number of alkyl halides is 3. The van der Waals surface area contributed by atoms with Gasteiger partial charge in [0.15, 0.2) is 5.82 Å². The number of hydrogen-bond donors (Lipinski definition) is 1. The van der Waals surface area contributed by atoms with E-state index < -0.39 is 30.6 Å². The Hall–Kier alpha value is -5.81. The fraction of sp³-hybridized carbons (Fsp3) is 0.404. The van der Waals surface area contributed by atoms with Gasteiger partial charge in [-0.3, -0.25) is 19.4 Å². The number of piperazine rings is 1. The van der Waals surface area contributed by atoms with Crippen molar-refractivity contribution in [3.05, 3.63) is 118 Å². The Labute approximate surface area is 372 Å². The van der Waals surface area contributed by atoms with E-state index in [2.05, 4.69) is 31.7 Å². The van der Waals surface area contributed by atoms with Crippen LogP contribution in [0, 0.1) is 19.7 Å². The molecular formula is C47H55BF5N9O2. The average molecular weight is 884 g/mol. The molecule has 0 radical (unpaired) electrons. The van der Waals surface area contributed by atoms with Crippen molar-refractivity contribution in [2.45, 2.75) is 72.0 Å². The Balaban J connectivity index is 0.891. The lowest BCUT2D eigenvalue weighted by Gasteiger charge is -2.43. The fourth-order valence-electron chi connectivity index (χ4n) is 9.05. The van der Waals surface area contributed by atoms with E-state index in [-0.39, 0.29) is 52.8 Å². The Kier molecular flexibility index (Phi) is 13.8. The highest BCUT2D eigenvalue weighted by molar-refractivity contribution is 6.48. The van der Waals surface area contributed by atoms with Crippen LogP contribution in [0.2, 0.25) is 6.82 Å². The molecule has 7 rings (SSSR count). The minimum absolute atomic E-state index is 0.0161. The molecule has 0 saturated carbocycles. The summed E-state index contributed by atoms with van der Waals surface area (Å²) in [5.41, 5.74) is 4.52. The molecule has 11 nitrogen and oxygen atoms in total. The number of nitrogens with zero attached hydrogens (tertiary/aromatic N) is 8. The lowest BCUT2D eigenvalue weighted by Crippen LogP contribution is -2.54. The third kappa shape index (κ3) is 10.1. The summed E-state index contributed by atoms with van der Waals surface area (Å²) >= 11 is 0. The predicted molar refractivity (Wildman–Crippen MR) is 244 cm³/mol. The highest BCUT2D eigenvalue weighted by atomic mass is 19.4. The summed E-state index contributed by atoms with van der Waals surface area (Å²) in [4.78, 5) is 44.2. The summed E-state index contributed by atoms with van der Waals surface area (Å²) in [6.07, 6.45) is 5.10. The molecular weight excluding hydrogens is 828 g/mol. The minimum Gasteiger partial charge on any atom is -0.360 e. The molecule has 3 aliphatic rings. The standard InChI is InChI=1S/C47H55BF5N9O2/c1-30(11-12-31(2)25-40-32(3)26-33(4)62(40)48(5)53)13-16-42(63)61-23-21-60(22-24-61)36-17-19-59(20-18-36)29-34-14-15-35(27-38(34)47(50,51)52)55-46-54-28-41-44(56-46)58(7)43-37(45(64)57(41)6)9-8-10-39(43)49/h8-12,14-15,25-28,36H,1,13,16-24,29H2,2-7H3,(H,54,55,56)/b12-11-,31-25+. The van der Waals surface area contributed by atoms with Crippen LogP contribution < -0.4 is 15.1 Å². The van der Waals surface area contributed by atoms with Crippen molar-refractivity contribution >= 4 is 53.8 Å². The topological polar surface area (TPSA) is 93.1 Å². The summed E-state index contributed by atoms with van der Waals surface area (Å²) < 4.78 is 74.5. The number of amides is 2. The molecule has 0 atom stereocenters. The van der Waals surface area contributed by atoms with Gasteiger partial charge in [0.2, 0.25) is 11.9 Å². The third-order valence-corrected chi connectivity index (χ3v) is 12.5. The largest absolute Gasteiger partial charge is 0.462 e. The molecule has 0 spiro atoms. The van der Waals surface area contributed by atoms with Crippen LogP contribution in [0.25, 0.3) is 6.08 Å². The molecule has 4 aromatic rings. The number of piperidine rings is 1. The van der Waals surface area contributed by atoms with Gasteiger partial charge in [0, 0.05) is 76.4 Å². The number of carbonyl (C=O) groups is 2. The van der Waals surface area contributed by atoms with Crippen molar-refractivity contribution in [2.75, 3.05) is 68.5 Å². The molecule has 3 aliphatic heterocycles. The van der Waals surface area contributed by atoms with Crippen molar-refractivity contribution in [3.8, 4) is 0 Å². The number of anilines is 5. The zero-order chi connectivity index (χ0) is 46.0. The van der Waals surface area contributed by atoms with Gasteiger partial charge in [0.25, 0.3) is 5.91 Å². The average Bonchev–Trinajstić information content (AvgIpc) is 3.51. The number of para-hydroxylation sites is 1. The number of hydrogen-bond acceptors (Lipinski definition) is 8. The van der Waals surface area contributed by atoms with E-state index in [9.17, 15) is 31.5 Å². The Bertz CT molecular complexity index is 2470.